The second-order valence-electron chi connectivity index (χ2n) is 6.28. The molecule has 1 aliphatic rings. The number of benzene rings is 2. The summed E-state index contributed by atoms with van der Waals surface area (Å²) in [6, 6.07) is 17.5. The molecule has 7 heteroatoms. The fourth-order valence-corrected chi connectivity index (χ4v) is 3.11. The van der Waals surface area contributed by atoms with E-state index in [0.717, 1.165) is 33.8 Å². The molecule has 0 atom stereocenters. The van der Waals surface area contributed by atoms with Crippen molar-refractivity contribution in [3.63, 3.8) is 0 Å². The van der Waals surface area contributed by atoms with Crippen molar-refractivity contribution in [2.24, 2.45) is 0 Å². The first-order chi connectivity index (χ1) is 13.8. The summed E-state index contributed by atoms with van der Waals surface area (Å²) in [6.45, 7) is 1.13. The van der Waals surface area contributed by atoms with Crippen LogP contribution in [-0.2, 0) is 0 Å². The molecule has 0 saturated heterocycles. The predicted molar refractivity (Wildman–Crippen MR) is 108 cm³/mol. The molecule has 0 amide bonds. The van der Waals surface area contributed by atoms with Crippen LogP contribution in [0.3, 0.4) is 0 Å². The molecule has 2 N–H and O–H groups in total. The molecule has 0 fully saturated rings. The Morgan fingerprint density at radius 2 is 1.57 bits per heavy atom. The van der Waals surface area contributed by atoms with Gasteiger partial charge in [0.2, 0.25) is 0 Å². The van der Waals surface area contributed by atoms with E-state index in [-0.39, 0.29) is 0 Å². The number of rotatable bonds is 4. The van der Waals surface area contributed by atoms with Gasteiger partial charge in [0.05, 0.1) is 11.2 Å². The number of hydrogen-bond donors (Lipinski definition) is 2. The van der Waals surface area contributed by atoms with E-state index < -0.39 is 0 Å². The summed E-state index contributed by atoms with van der Waals surface area (Å²) in [7, 11) is 0. The molecule has 0 unspecified atom stereocenters. The van der Waals surface area contributed by atoms with Gasteiger partial charge in [0, 0.05) is 29.4 Å². The van der Waals surface area contributed by atoms with E-state index in [0.29, 0.717) is 24.8 Å². The number of anilines is 4. The van der Waals surface area contributed by atoms with Crippen molar-refractivity contribution >= 4 is 33.9 Å². The van der Waals surface area contributed by atoms with Crippen molar-refractivity contribution < 1.29 is 9.47 Å². The highest BCUT2D eigenvalue weighted by Gasteiger charge is 2.12. The fourth-order valence-electron chi connectivity index (χ4n) is 3.11. The number of nitrogens with zero attached hydrogens (tertiary/aromatic N) is 3. The number of ether oxygens (including phenoxy) is 2. The minimum Gasteiger partial charge on any atom is -0.486 e. The second-order valence-corrected chi connectivity index (χ2v) is 6.28. The average molecular weight is 371 g/mol. The van der Waals surface area contributed by atoms with Crippen molar-refractivity contribution in [3.8, 4) is 11.5 Å². The van der Waals surface area contributed by atoms with Gasteiger partial charge in [-0.05, 0) is 24.3 Å². The zero-order valence-corrected chi connectivity index (χ0v) is 14.9. The summed E-state index contributed by atoms with van der Waals surface area (Å²) in [5.41, 5.74) is 2.65. The predicted octanol–water partition coefficient (Wildman–Crippen LogP) is 4.28. The monoisotopic (exact) mass is 371 g/mol. The van der Waals surface area contributed by atoms with E-state index in [1.807, 2.05) is 54.6 Å². The number of hydrogen-bond acceptors (Lipinski definition) is 7. The van der Waals surface area contributed by atoms with E-state index in [9.17, 15) is 0 Å². The van der Waals surface area contributed by atoms with Crippen molar-refractivity contribution in [1.82, 2.24) is 15.0 Å². The largest absolute Gasteiger partial charge is 0.486 e. The Hall–Kier alpha value is -3.87. The van der Waals surface area contributed by atoms with E-state index in [2.05, 4.69) is 25.6 Å². The molecule has 2 aromatic heterocycles. The number of pyridine rings is 1. The van der Waals surface area contributed by atoms with Crippen LogP contribution in [0.15, 0.2) is 67.1 Å². The summed E-state index contributed by atoms with van der Waals surface area (Å²) < 4.78 is 11.2. The normalized spacial score (nSPS) is 12.6. The topological polar surface area (TPSA) is 81.2 Å². The van der Waals surface area contributed by atoms with Crippen LogP contribution < -0.4 is 20.1 Å². The third-order valence-electron chi connectivity index (χ3n) is 4.38. The van der Waals surface area contributed by atoms with E-state index in [4.69, 9.17) is 9.47 Å². The molecule has 4 aromatic rings. The van der Waals surface area contributed by atoms with E-state index in [1.54, 1.807) is 6.20 Å². The van der Waals surface area contributed by atoms with Gasteiger partial charge in [0.15, 0.2) is 11.5 Å². The lowest BCUT2D eigenvalue weighted by Crippen LogP contribution is -2.15. The van der Waals surface area contributed by atoms with Gasteiger partial charge in [0.25, 0.3) is 0 Å². The second kappa shape index (κ2) is 7.03. The number of nitrogens with one attached hydrogen (secondary N) is 2. The Morgan fingerprint density at radius 1 is 0.750 bits per heavy atom. The van der Waals surface area contributed by atoms with Crippen LogP contribution in [-0.4, -0.2) is 28.2 Å². The zero-order valence-electron chi connectivity index (χ0n) is 14.9. The highest BCUT2D eigenvalue weighted by molar-refractivity contribution is 5.91. The maximum absolute atomic E-state index is 5.63. The molecule has 5 rings (SSSR count). The first kappa shape index (κ1) is 16.3. The lowest BCUT2D eigenvalue weighted by atomic mass is 10.2. The van der Waals surface area contributed by atoms with Gasteiger partial charge in [-0.2, -0.15) is 0 Å². The number of aromatic nitrogens is 3. The van der Waals surface area contributed by atoms with Crippen molar-refractivity contribution in [3.05, 3.63) is 67.1 Å². The van der Waals surface area contributed by atoms with Gasteiger partial charge in [-0.15, -0.1) is 0 Å². The molecule has 1 aliphatic heterocycles. The van der Waals surface area contributed by atoms with Gasteiger partial charge in [-0.3, -0.25) is 4.98 Å². The summed E-state index contributed by atoms with van der Waals surface area (Å²) >= 11 is 0. The minimum absolute atomic E-state index is 0.553. The molecule has 138 valence electrons. The molecule has 28 heavy (non-hydrogen) atoms. The Balaban J connectivity index is 1.39. The number of fused-ring (bicyclic) bond motifs is 2. The van der Waals surface area contributed by atoms with Gasteiger partial charge in [-0.1, -0.05) is 18.2 Å². The average Bonchev–Trinajstić information content (AvgIpc) is 2.74. The molecule has 0 bridgehead atoms. The van der Waals surface area contributed by atoms with Gasteiger partial charge < -0.3 is 20.1 Å². The van der Waals surface area contributed by atoms with Crippen molar-refractivity contribution in [2.45, 2.75) is 0 Å². The van der Waals surface area contributed by atoms with Crippen LogP contribution in [0.4, 0.5) is 23.0 Å². The molecule has 3 heterocycles. The maximum Gasteiger partial charge on any atom is 0.163 e. The van der Waals surface area contributed by atoms with Gasteiger partial charge in [0.1, 0.15) is 31.2 Å². The standard InChI is InChI=1S/C21H17N5O2/c1-3-14-4-2-8-22-21(14)16(5-1)26-20-12-19(23-13-24-20)25-15-6-7-17-18(11-15)28-10-9-27-17/h1-8,11-13H,9-10H2,(H2,23,24,25,26). The lowest BCUT2D eigenvalue weighted by molar-refractivity contribution is 0.171. The Morgan fingerprint density at radius 3 is 2.50 bits per heavy atom. The third-order valence-corrected chi connectivity index (χ3v) is 4.38. The number of para-hydroxylation sites is 1. The third kappa shape index (κ3) is 3.25. The minimum atomic E-state index is 0.553. The molecule has 7 nitrogen and oxygen atoms in total. The van der Waals surface area contributed by atoms with Gasteiger partial charge >= 0.3 is 0 Å². The summed E-state index contributed by atoms with van der Waals surface area (Å²) in [4.78, 5) is 13.1. The summed E-state index contributed by atoms with van der Waals surface area (Å²) in [5, 5.41) is 7.67. The highest BCUT2D eigenvalue weighted by Crippen LogP contribution is 2.33. The summed E-state index contributed by atoms with van der Waals surface area (Å²) in [6.07, 6.45) is 3.30. The van der Waals surface area contributed by atoms with Crippen LogP contribution in [0.25, 0.3) is 10.9 Å². The van der Waals surface area contributed by atoms with Gasteiger partial charge in [-0.25, -0.2) is 9.97 Å². The first-order valence-corrected chi connectivity index (χ1v) is 8.95. The Bertz CT molecular complexity index is 1140. The quantitative estimate of drug-likeness (QED) is 0.554. The van der Waals surface area contributed by atoms with Crippen molar-refractivity contribution in [2.75, 3.05) is 23.8 Å². The van der Waals surface area contributed by atoms with Crippen molar-refractivity contribution in [1.29, 1.82) is 0 Å². The molecular weight excluding hydrogens is 354 g/mol. The molecule has 0 saturated carbocycles. The van der Waals surface area contributed by atoms with Crippen LogP contribution in [0.5, 0.6) is 11.5 Å². The van der Waals surface area contributed by atoms with E-state index >= 15 is 0 Å². The van der Waals surface area contributed by atoms with E-state index in [1.165, 1.54) is 6.33 Å². The molecule has 0 radical (unpaired) electrons. The Kier molecular flexibility index (Phi) is 4.10. The zero-order chi connectivity index (χ0) is 18.8. The fraction of sp³-hybridized carbons (Fsp3) is 0.0952. The molecular formula is C21H17N5O2. The highest BCUT2D eigenvalue weighted by atomic mass is 16.6. The van der Waals surface area contributed by atoms with Crippen LogP contribution >= 0.6 is 0 Å². The summed E-state index contributed by atoms with van der Waals surface area (Å²) in [5.74, 6) is 2.83. The molecule has 0 aliphatic carbocycles. The first-order valence-electron chi connectivity index (χ1n) is 8.95. The SMILES string of the molecule is c1cnc2c(Nc3cc(Nc4ccc5c(c4)OCCO5)ncn3)cccc2c1. The van der Waals surface area contributed by atoms with Crippen LogP contribution in [0, 0.1) is 0 Å². The molecule has 2 aromatic carbocycles. The lowest BCUT2D eigenvalue weighted by Gasteiger charge is -2.19. The Labute approximate surface area is 161 Å². The smallest absolute Gasteiger partial charge is 0.163 e. The molecule has 0 spiro atoms. The van der Waals surface area contributed by atoms with Crippen LogP contribution in [0.2, 0.25) is 0 Å². The maximum atomic E-state index is 5.63. The van der Waals surface area contributed by atoms with Crippen LogP contribution in [0.1, 0.15) is 0 Å².